The average molecular weight is 274 g/mol. The largest absolute Gasteiger partial charge is 0.330 e. The number of nitrogens with zero attached hydrogens (tertiary/aromatic N) is 1. The fourth-order valence-corrected chi connectivity index (χ4v) is 2.03. The molecule has 0 aliphatic carbocycles. The summed E-state index contributed by atoms with van der Waals surface area (Å²) in [6.07, 6.45) is 1.93. The number of rotatable bonds is 1. The molecule has 0 spiro atoms. The van der Waals surface area contributed by atoms with Gasteiger partial charge in [-0.25, -0.2) is 0 Å². The molecule has 1 aromatic rings. The second kappa shape index (κ2) is 3.91. The summed E-state index contributed by atoms with van der Waals surface area (Å²) in [4.78, 5) is 2.00. The van der Waals surface area contributed by atoms with Crippen LogP contribution in [0.25, 0.3) is 0 Å². The van der Waals surface area contributed by atoms with Crippen LogP contribution in [0.3, 0.4) is 0 Å². The highest BCUT2D eigenvalue weighted by Crippen LogP contribution is 2.29. The summed E-state index contributed by atoms with van der Waals surface area (Å²) in [5, 5.41) is 8.44. The van der Waals surface area contributed by atoms with Crippen LogP contribution in [-0.2, 0) is 0 Å². The second-order valence-electron chi connectivity index (χ2n) is 3.30. The highest BCUT2D eigenvalue weighted by molar-refractivity contribution is 9.10. The minimum Gasteiger partial charge on any atom is -0.330 e. The summed E-state index contributed by atoms with van der Waals surface area (Å²) in [5.74, 6) is 0.684. The van der Waals surface area contributed by atoms with E-state index in [1.54, 1.807) is 0 Å². The fraction of sp³-hybridized carbons (Fsp3) is 0.300. The lowest BCUT2D eigenvalue weighted by Crippen LogP contribution is -2.22. The third kappa shape index (κ3) is 1.79. The Kier molecular flexibility index (Phi) is 2.79. The summed E-state index contributed by atoms with van der Waals surface area (Å²) in [6, 6.07) is 5.80. The van der Waals surface area contributed by atoms with E-state index < -0.39 is 0 Å². The first kappa shape index (κ1) is 9.99. The Hall–Kier alpha value is -0.540. The average Bonchev–Trinajstić information content (AvgIpc) is 2.57. The van der Waals surface area contributed by atoms with Crippen LogP contribution >= 0.6 is 27.5 Å². The first-order valence-corrected chi connectivity index (χ1v) is 5.65. The minimum atomic E-state index is 0.684. The molecule has 2 rings (SSSR count). The molecule has 1 heterocycles. The van der Waals surface area contributed by atoms with Crippen LogP contribution in [0.2, 0.25) is 5.02 Å². The summed E-state index contributed by atoms with van der Waals surface area (Å²) in [7, 11) is 0. The molecule has 0 atom stereocenters. The van der Waals surface area contributed by atoms with E-state index in [9.17, 15) is 0 Å². The molecule has 2 nitrogen and oxygen atoms in total. The van der Waals surface area contributed by atoms with Gasteiger partial charge in [0.05, 0.1) is 5.02 Å². The first-order chi connectivity index (χ1) is 6.68. The molecule has 74 valence electrons. The third-order valence-corrected chi connectivity index (χ3v) is 3.57. The summed E-state index contributed by atoms with van der Waals surface area (Å²) in [6.45, 7) is 0.927. The topological polar surface area (TPSA) is 27.1 Å². The van der Waals surface area contributed by atoms with E-state index in [1.807, 2.05) is 23.1 Å². The van der Waals surface area contributed by atoms with Crippen molar-refractivity contribution in [3.8, 4) is 0 Å². The van der Waals surface area contributed by atoms with Gasteiger partial charge in [0, 0.05) is 23.1 Å². The number of benzene rings is 1. The number of anilines is 1. The van der Waals surface area contributed by atoms with E-state index in [0.29, 0.717) is 10.9 Å². The predicted octanol–water partition coefficient (Wildman–Crippen LogP) is 3.68. The van der Waals surface area contributed by atoms with Gasteiger partial charge in [0.25, 0.3) is 0 Å². The Morgan fingerprint density at radius 1 is 1.43 bits per heavy atom. The van der Waals surface area contributed by atoms with E-state index in [4.69, 9.17) is 17.0 Å². The van der Waals surface area contributed by atoms with E-state index in [0.717, 1.165) is 29.5 Å². The van der Waals surface area contributed by atoms with Crippen molar-refractivity contribution < 1.29 is 0 Å². The third-order valence-electron chi connectivity index (χ3n) is 2.34. The quantitative estimate of drug-likeness (QED) is 0.830. The molecule has 0 unspecified atom stereocenters. The van der Waals surface area contributed by atoms with Gasteiger partial charge >= 0.3 is 0 Å². The van der Waals surface area contributed by atoms with E-state index >= 15 is 0 Å². The van der Waals surface area contributed by atoms with Gasteiger partial charge in [-0.2, -0.15) is 0 Å². The second-order valence-corrected chi connectivity index (χ2v) is 4.56. The maximum Gasteiger partial charge on any atom is 0.100 e. The van der Waals surface area contributed by atoms with Crippen LogP contribution in [0.5, 0.6) is 0 Å². The Labute approximate surface area is 96.5 Å². The van der Waals surface area contributed by atoms with Crippen molar-refractivity contribution in [2.24, 2.45) is 0 Å². The van der Waals surface area contributed by atoms with Gasteiger partial charge in [0.1, 0.15) is 5.84 Å². The van der Waals surface area contributed by atoms with Crippen LogP contribution in [-0.4, -0.2) is 12.4 Å². The lowest BCUT2D eigenvalue weighted by atomic mass is 10.3. The summed E-state index contributed by atoms with van der Waals surface area (Å²) >= 11 is 9.34. The summed E-state index contributed by atoms with van der Waals surface area (Å²) < 4.78 is 0.897. The molecule has 0 aromatic heterocycles. The van der Waals surface area contributed by atoms with Gasteiger partial charge in [-0.05, 0) is 40.5 Å². The van der Waals surface area contributed by atoms with Crippen LogP contribution in [0.1, 0.15) is 12.8 Å². The van der Waals surface area contributed by atoms with Crippen molar-refractivity contribution in [2.45, 2.75) is 12.8 Å². The monoisotopic (exact) mass is 272 g/mol. The number of halogens is 2. The molecule has 1 aromatic carbocycles. The van der Waals surface area contributed by atoms with E-state index in [2.05, 4.69) is 15.9 Å². The van der Waals surface area contributed by atoms with Crippen molar-refractivity contribution in [3.05, 3.63) is 27.7 Å². The van der Waals surface area contributed by atoms with Crippen molar-refractivity contribution in [1.29, 1.82) is 5.41 Å². The molecule has 1 N–H and O–H groups in total. The zero-order valence-electron chi connectivity index (χ0n) is 7.56. The maximum atomic E-state index is 7.74. The van der Waals surface area contributed by atoms with Crippen molar-refractivity contribution in [1.82, 2.24) is 0 Å². The first-order valence-electron chi connectivity index (χ1n) is 4.48. The molecule has 1 fully saturated rings. The molecular formula is C10H10BrClN2. The summed E-state index contributed by atoms with van der Waals surface area (Å²) in [5.41, 5.74) is 1.01. The maximum absolute atomic E-state index is 7.74. The molecule has 4 heteroatoms. The van der Waals surface area contributed by atoms with Crippen LogP contribution in [0.4, 0.5) is 5.69 Å². The number of hydrogen-bond donors (Lipinski definition) is 1. The molecule has 1 saturated heterocycles. The zero-order chi connectivity index (χ0) is 10.1. The molecule has 1 aliphatic heterocycles. The van der Waals surface area contributed by atoms with Gasteiger partial charge in [0.2, 0.25) is 0 Å². The molecule has 1 aliphatic rings. The van der Waals surface area contributed by atoms with E-state index in [1.165, 1.54) is 0 Å². The van der Waals surface area contributed by atoms with Crippen LogP contribution in [0.15, 0.2) is 22.7 Å². The smallest absolute Gasteiger partial charge is 0.100 e. The van der Waals surface area contributed by atoms with E-state index in [-0.39, 0.29) is 0 Å². The number of nitrogens with one attached hydrogen (secondary N) is 1. The number of amidine groups is 1. The zero-order valence-corrected chi connectivity index (χ0v) is 9.90. The molecular weight excluding hydrogens is 263 g/mol. The van der Waals surface area contributed by atoms with Gasteiger partial charge < -0.3 is 4.90 Å². The molecule has 0 bridgehead atoms. The minimum absolute atomic E-state index is 0.684. The highest BCUT2D eigenvalue weighted by atomic mass is 79.9. The molecule has 14 heavy (non-hydrogen) atoms. The molecule has 0 saturated carbocycles. The SMILES string of the molecule is N=C1CCCN1c1ccc(Br)c(Cl)c1. The lowest BCUT2D eigenvalue weighted by molar-refractivity contribution is 0.956. The normalized spacial score (nSPS) is 16.4. The van der Waals surface area contributed by atoms with Crippen molar-refractivity contribution in [2.75, 3.05) is 11.4 Å². The standard InChI is InChI=1S/C10H10BrClN2/c11-8-4-3-7(6-9(8)12)14-5-1-2-10(14)13/h3-4,6,13H,1-2,5H2. The molecule has 0 amide bonds. The van der Waals surface area contributed by atoms with Crippen LogP contribution < -0.4 is 4.90 Å². The van der Waals surface area contributed by atoms with Gasteiger partial charge in [-0.1, -0.05) is 11.6 Å². The van der Waals surface area contributed by atoms with Crippen molar-refractivity contribution in [3.63, 3.8) is 0 Å². The lowest BCUT2D eigenvalue weighted by Gasteiger charge is -2.18. The van der Waals surface area contributed by atoms with Gasteiger partial charge in [0.15, 0.2) is 0 Å². The Morgan fingerprint density at radius 2 is 2.21 bits per heavy atom. The Balaban J connectivity index is 2.32. The number of hydrogen-bond acceptors (Lipinski definition) is 1. The highest BCUT2D eigenvalue weighted by Gasteiger charge is 2.18. The molecule has 0 radical (unpaired) electrons. The fourth-order valence-electron chi connectivity index (χ4n) is 1.61. The van der Waals surface area contributed by atoms with Crippen LogP contribution in [0, 0.1) is 5.41 Å². The predicted molar refractivity (Wildman–Crippen MR) is 63.5 cm³/mol. The Morgan fingerprint density at radius 3 is 2.79 bits per heavy atom. The van der Waals surface area contributed by atoms with Crippen molar-refractivity contribution >= 4 is 39.1 Å². The Bertz CT molecular complexity index is 378. The van der Waals surface area contributed by atoms with Gasteiger partial charge in [-0.15, -0.1) is 0 Å². The van der Waals surface area contributed by atoms with Gasteiger partial charge in [-0.3, -0.25) is 5.41 Å².